The molecule has 1 unspecified atom stereocenters. The molecule has 0 aliphatic carbocycles. The summed E-state index contributed by atoms with van der Waals surface area (Å²) in [6, 6.07) is 0. The largest absolute Gasteiger partial charge is 0.369 e. The van der Waals surface area contributed by atoms with Gasteiger partial charge in [-0.25, -0.2) is 0 Å². The van der Waals surface area contributed by atoms with Gasteiger partial charge in [-0.1, -0.05) is 13.8 Å². The van der Waals surface area contributed by atoms with Crippen molar-refractivity contribution >= 4 is 10.2 Å². The Morgan fingerprint density at radius 1 is 1.33 bits per heavy atom. The summed E-state index contributed by atoms with van der Waals surface area (Å²) in [4.78, 5) is 8.47. The predicted molar refractivity (Wildman–Crippen MR) is 78.9 cm³/mol. The Morgan fingerprint density at radius 3 is 2.62 bits per heavy atom. The first-order chi connectivity index (χ1) is 9.98. The Morgan fingerprint density at radius 2 is 2.05 bits per heavy atom. The summed E-state index contributed by atoms with van der Waals surface area (Å²) < 4.78 is 33.6. The molecule has 0 aromatic carbocycles. The summed E-state index contributed by atoms with van der Waals surface area (Å²) in [7, 11) is -3.43. The molecular formula is C13H22N4O3S. The normalized spacial score (nSPS) is 20.9. The Balaban J connectivity index is 2.15. The van der Waals surface area contributed by atoms with Gasteiger partial charge < -0.3 is 4.74 Å². The van der Waals surface area contributed by atoms with E-state index in [2.05, 4.69) is 9.97 Å². The van der Waals surface area contributed by atoms with E-state index in [1.165, 1.54) is 8.61 Å². The Hall–Kier alpha value is -1.09. The topological polar surface area (TPSA) is 75.6 Å². The molecule has 0 saturated carbocycles. The first kappa shape index (κ1) is 16.3. The Kier molecular flexibility index (Phi) is 5.26. The van der Waals surface area contributed by atoms with Crippen molar-refractivity contribution in [3.8, 4) is 0 Å². The lowest BCUT2D eigenvalue weighted by Gasteiger charge is -2.34. The maximum Gasteiger partial charge on any atom is 0.282 e. The van der Waals surface area contributed by atoms with Crippen LogP contribution in [0.5, 0.6) is 0 Å². The van der Waals surface area contributed by atoms with Crippen LogP contribution in [0.4, 0.5) is 0 Å². The van der Waals surface area contributed by atoms with E-state index in [4.69, 9.17) is 4.74 Å². The van der Waals surface area contributed by atoms with E-state index in [0.29, 0.717) is 31.9 Å². The third-order valence-corrected chi connectivity index (χ3v) is 5.67. The quantitative estimate of drug-likeness (QED) is 0.801. The predicted octanol–water partition coefficient (Wildman–Crippen LogP) is 0.745. The van der Waals surface area contributed by atoms with Gasteiger partial charge in [0.15, 0.2) is 0 Å². The van der Waals surface area contributed by atoms with Crippen LogP contribution in [0.3, 0.4) is 0 Å². The van der Waals surface area contributed by atoms with Gasteiger partial charge in [0.25, 0.3) is 10.2 Å². The zero-order valence-corrected chi connectivity index (χ0v) is 13.5. The molecule has 1 aromatic rings. The van der Waals surface area contributed by atoms with Gasteiger partial charge in [0.1, 0.15) is 6.10 Å². The van der Waals surface area contributed by atoms with E-state index in [1.807, 2.05) is 20.8 Å². The van der Waals surface area contributed by atoms with Crippen LogP contribution in [0.2, 0.25) is 0 Å². The van der Waals surface area contributed by atoms with Gasteiger partial charge in [0.2, 0.25) is 0 Å². The van der Waals surface area contributed by atoms with Crippen LogP contribution < -0.4 is 0 Å². The maximum absolute atomic E-state index is 12.5. The van der Waals surface area contributed by atoms with Crippen molar-refractivity contribution in [1.82, 2.24) is 18.6 Å². The van der Waals surface area contributed by atoms with Crippen LogP contribution in [0.1, 0.15) is 31.3 Å². The van der Waals surface area contributed by atoms with Gasteiger partial charge in [-0.3, -0.25) is 9.97 Å². The highest BCUT2D eigenvalue weighted by Crippen LogP contribution is 2.23. The van der Waals surface area contributed by atoms with Crippen LogP contribution in [0.25, 0.3) is 0 Å². The number of morpholine rings is 1. The highest BCUT2D eigenvalue weighted by atomic mass is 32.2. The molecule has 8 heteroatoms. The maximum atomic E-state index is 12.5. The number of aryl methyl sites for hydroxylation is 1. The lowest BCUT2D eigenvalue weighted by Crippen LogP contribution is -2.49. The van der Waals surface area contributed by atoms with Crippen LogP contribution >= 0.6 is 0 Å². The van der Waals surface area contributed by atoms with Crippen LogP contribution in [-0.4, -0.2) is 59.8 Å². The zero-order valence-electron chi connectivity index (χ0n) is 12.7. The van der Waals surface area contributed by atoms with Gasteiger partial charge in [-0.2, -0.15) is 17.0 Å². The summed E-state index contributed by atoms with van der Waals surface area (Å²) in [6.45, 7) is 7.47. The number of aromatic nitrogens is 2. The molecule has 0 N–H and O–H groups in total. The van der Waals surface area contributed by atoms with Crippen molar-refractivity contribution in [1.29, 1.82) is 0 Å². The molecule has 1 aromatic heterocycles. The second kappa shape index (κ2) is 6.78. The molecule has 118 valence electrons. The van der Waals surface area contributed by atoms with Crippen molar-refractivity contribution in [2.45, 2.75) is 26.9 Å². The Bertz CT molecular complexity index is 557. The molecule has 21 heavy (non-hydrogen) atoms. The molecule has 0 radical (unpaired) electrons. The molecule has 2 rings (SSSR count). The zero-order chi connectivity index (χ0) is 15.5. The minimum absolute atomic E-state index is 0.274. The van der Waals surface area contributed by atoms with E-state index < -0.39 is 10.2 Å². The molecule has 1 aliphatic heterocycles. The molecule has 1 saturated heterocycles. The molecule has 0 amide bonds. The number of hydrogen-bond donors (Lipinski definition) is 0. The number of rotatable bonds is 5. The van der Waals surface area contributed by atoms with E-state index in [0.717, 1.165) is 5.69 Å². The van der Waals surface area contributed by atoms with Crippen molar-refractivity contribution < 1.29 is 13.2 Å². The molecule has 0 spiro atoms. The molecule has 0 bridgehead atoms. The summed E-state index contributed by atoms with van der Waals surface area (Å²) in [6.07, 6.45) is 2.95. The summed E-state index contributed by atoms with van der Waals surface area (Å²) in [5, 5.41) is 0. The molecule has 7 nitrogen and oxygen atoms in total. The minimum Gasteiger partial charge on any atom is -0.369 e. The van der Waals surface area contributed by atoms with E-state index >= 15 is 0 Å². The van der Waals surface area contributed by atoms with Crippen molar-refractivity contribution in [3.63, 3.8) is 0 Å². The third kappa shape index (κ3) is 3.57. The highest BCUT2D eigenvalue weighted by molar-refractivity contribution is 7.86. The molecule has 1 fully saturated rings. The fourth-order valence-electron chi connectivity index (χ4n) is 2.30. The number of hydrogen-bond acceptors (Lipinski definition) is 5. The lowest BCUT2D eigenvalue weighted by atomic mass is 10.2. The average molecular weight is 314 g/mol. The van der Waals surface area contributed by atoms with E-state index in [9.17, 15) is 8.42 Å². The second-order valence-electron chi connectivity index (χ2n) is 4.89. The third-order valence-electron chi connectivity index (χ3n) is 3.52. The molecule has 1 aliphatic rings. The monoisotopic (exact) mass is 314 g/mol. The second-order valence-corrected chi connectivity index (χ2v) is 6.82. The van der Waals surface area contributed by atoms with Gasteiger partial charge >= 0.3 is 0 Å². The van der Waals surface area contributed by atoms with Gasteiger partial charge in [0, 0.05) is 32.4 Å². The van der Waals surface area contributed by atoms with Crippen LogP contribution in [0, 0.1) is 6.92 Å². The summed E-state index contributed by atoms with van der Waals surface area (Å²) in [5.41, 5.74) is 1.49. The molecular weight excluding hydrogens is 292 g/mol. The SMILES string of the molecule is CCN(CC)S(=O)(=O)N1CCOC(c2cnc(C)cn2)C1. The smallest absolute Gasteiger partial charge is 0.282 e. The van der Waals surface area contributed by atoms with E-state index in [1.54, 1.807) is 12.4 Å². The number of ether oxygens (including phenoxy) is 1. The molecule has 1 atom stereocenters. The van der Waals surface area contributed by atoms with Crippen LogP contribution in [-0.2, 0) is 14.9 Å². The van der Waals surface area contributed by atoms with E-state index in [-0.39, 0.29) is 12.6 Å². The molecule has 2 heterocycles. The standard InChI is InChI=1S/C13H22N4O3S/c1-4-16(5-2)21(18,19)17-6-7-20-13(10-17)12-9-14-11(3)8-15-12/h8-9,13H,4-7,10H2,1-3H3. The first-order valence-electron chi connectivity index (χ1n) is 7.14. The van der Waals surface area contributed by atoms with Crippen molar-refractivity contribution in [2.24, 2.45) is 0 Å². The van der Waals surface area contributed by atoms with Crippen molar-refractivity contribution in [3.05, 3.63) is 23.8 Å². The minimum atomic E-state index is -3.43. The van der Waals surface area contributed by atoms with Crippen molar-refractivity contribution in [2.75, 3.05) is 32.8 Å². The average Bonchev–Trinajstić information content (AvgIpc) is 2.49. The Labute approximate surface area is 126 Å². The van der Waals surface area contributed by atoms with Gasteiger partial charge in [-0.05, 0) is 6.92 Å². The highest BCUT2D eigenvalue weighted by Gasteiger charge is 2.33. The van der Waals surface area contributed by atoms with Crippen LogP contribution in [0.15, 0.2) is 12.4 Å². The fourth-order valence-corrected chi connectivity index (χ4v) is 3.90. The fraction of sp³-hybridized carbons (Fsp3) is 0.692. The lowest BCUT2D eigenvalue weighted by molar-refractivity contribution is -0.00680. The van der Waals surface area contributed by atoms with Gasteiger partial charge in [-0.15, -0.1) is 0 Å². The first-order valence-corrected chi connectivity index (χ1v) is 8.54. The summed E-state index contributed by atoms with van der Waals surface area (Å²) in [5.74, 6) is 0. The van der Waals surface area contributed by atoms with Gasteiger partial charge in [0.05, 0.1) is 24.2 Å². The number of nitrogens with zero attached hydrogens (tertiary/aromatic N) is 4. The summed E-state index contributed by atoms with van der Waals surface area (Å²) >= 11 is 0.